The summed E-state index contributed by atoms with van der Waals surface area (Å²) in [6, 6.07) is 25.0. The van der Waals surface area contributed by atoms with Gasteiger partial charge in [0.15, 0.2) is 15.6 Å². The number of carbonyl (C=O) groups is 6. The lowest BCUT2D eigenvalue weighted by molar-refractivity contribution is -0.159. The molecule has 65 heavy (non-hydrogen) atoms. The zero-order valence-corrected chi connectivity index (χ0v) is 39.2. The van der Waals surface area contributed by atoms with Crippen LogP contribution in [-0.2, 0) is 65.8 Å². The Kier molecular flexibility index (Phi) is 18.3. The van der Waals surface area contributed by atoms with Crippen LogP contribution in [0, 0.1) is 17.8 Å². The monoisotopic (exact) mass is 911 g/mol. The molecule has 15 heteroatoms. The van der Waals surface area contributed by atoms with Crippen LogP contribution in [0.5, 0.6) is 0 Å². The minimum atomic E-state index is -3.97. The number of amides is 2. The topological polar surface area (TPSA) is 201 Å². The maximum Gasteiger partial charge on any atom is 0.308 e. The lowest BCUT2D eigenvalue weighted by Gasteiger charge is -2.27. The van der Waals surface area contributed by atoms with E-state index in [4.69, 9.17) is 19.2 Å². The fourth-order valence-corrected chi connectivity index (χ4v) is 7.79. The number of esters is 3. The second-order valence-electron chi connectivity index (χ2n) is 18.2. The number of sulfone groups is 1. The molecule has 0 aliphatic rings. The SMILES string of the molecule is CC(C)[C@H](CC(=O)[C@H](Cc1ccc2ccccc2n1)NC(=O)[C@@H](CC(=O)OCc1ccccc1)CC(=O)OC(C)(C)C)C(=O)N[C@H](/C=C/S(=O)(=O)c1ccccc1)CC(=O)OC(C)(C)C. The molecule has 0 saturated carbocycles. The second kappa shape index (κ2) is 23.1. The smallest absolute Gasteiger partial charge is 0.308 e. The van der Waals surface area contributed by atoms with Crippen molar-refractivity contribution in [1.29, 1.82) is 0 Å². The molecule has 0 saturated heterocycles. The number of ketones is 1. The Labute approximate surface area is 381 Å². The lowest BCUT2D eigenvalue weighted by Crippen LogP contribution is -2.48. The van der Waals surface area contributed by atoms with Gasteiger partial charge in [0.05, 0.1) is 47.7 Å². The van der Waals surface area contributed by atoms with Gasteiger partial charge in [-0.25, -0.2) is 8.42 Å². The van der Waals surface area contributed by atoms with Crippen molar-refractivity contribution >= 4 is 56.2 Å². The first-order valence-electron chi connectivity index (χ1n) is 21.6. The van der Waals surface area contributed by atoms with Crippen molar-refractivity contribution in [1.82, 2.24) is 15.6 Å². The Balaban J connectivity index is 1.64. The van der Waals surface area contributed by atoms with Gasteiger partial charge in [-0.3, -0.25) is 33.8 Å². The average molecular weight is 912 g/mol. The summed E-state index contributed by atoms with van der Waals surface area (Å²) in [6.07, 6.45) is -0.724. The normalized spacial score (nSPS) is 13.9. The predicted octanol–water partition coefficient (Wildman–Crippen LogP) is 7.18. The number of para-hydroxylation sites is 1. The van der Waals surface area contributed by atoms with E-state index in [2.05, 4.69) is 10.6 Å². The number of hydrogen-bond donors (Lipinski definition) is 2. The van der Waals surface area contributed by atoms with E-state index >= 15 is 0 Å². The highest BCUT2D eigenvalue weighted by Crippen LogP contribution is 2.23. The van der Waals surface area contributed by atoms with Gasteiger partial charge in [0.2, 0.25) is 11.8 Å². The zero-order valence-electron chi connectivity index (χ0n) is 38.4. The van der Waals surface area contributed by atoms with Crippen molar-refractivity contribution in [2.24, 2.45) is 17.8 Å². The third-order valence-electron chi connectivity index (χ3n) is 9.89. The molecule has 348 valence electrons. The molecule has 0 bridgehead atoms. The Bertz CT molecular complexity index is 2420. The number of Topliss-reactive ketones (excluding diaryl/α,β-unsaturated/α-hetero) is 1. The van der Waals surface area contributed by atoms with Crippen molar-refractivity contribution in [3.8, 4) is 0 Å². The van der Waals surface area contributed by atoms with E-state index < -0.39 is 112 Å². The summed E-state index contributed by atoms with van der Waals surface area (Å²) >= 11 is 0. The van der Waals surface area contributed by atoms with Crippen molar-refractivity contribution in [2.45, 2.75) is 122 Å². The van der Waals surface area contributed by atoms with Gasteiger partial charge in [0.1, 0.15) is 17.8 Å². The molecule has 0 fully saturated rings. The third-order valence-corrected chi connectivity index (χ3v) is 11.3. The van der Waals surface area contributed by atoms with Crippen molar-refractivity contribution in [3.05, 3.63) is 120 Å². The highest BCUT2D eigenvalue weighted by atomic mass is 32.2. The summed E-state index contributed by atoms with van der Waals surface area (Å²) in [4.78, 5) is 87.0. The van der Waals surface area contributed by atoms with E-state index in [1.165, 1.54) is 18.2 Å². The maximum atomic E-state index is 14.5. The van der Waals surface area contributed by atoms with E-state index in [0.717, 1.165) is 16.4 Å². The number of nitrogens with zero attached hydrogens (tertiary/aromatic N) is 1. The molecule has 1 heterocycles. The summed E-state index contributed by atoms with van der Waals surface area (Å²) < 4.78 is 42.8. The Morgan fingerprint density at radius 2 is 1.23 bits per heavy atom. The highest BCUT2D eigenvalue weighted by Gasteiger charge is 2.35. The maximum absolute atomic E-state index is 14.5. The number of fused-ring (bicyclic) bond motifs is 1. The fraction of sp³-hybridized carbons (Fsp3) is 0.420. The van der Waals surface area contributed by atoms with Gasteiger partial charge in [-0.2, -0.15) is 0 Å². The van der Waals surface area contributed by atoms with E-state index in [9.17, 15) is 37.2 Å². The highest BCUT2D eigenvalue weighted by molar-refractivity contribution is 7.94. The minimum absolute atomic E-state index is 0.00986. The van der Waals surface area contributed by atoms with Crippen molar-refractivity contribution in [3.63, 3.8) is 0 Å². The van der Waals surface area contributed by atoms with Crippen LogP contribution in [-0.4, -0.2) is 72.2 Å². The van der Waals surface area contributed by atoms with Gasteiger partial charge in [-0.05, 0) is 83.4 Å². The van der Waals surface area contributed by atoms with Crippen LogP contribution in [0.15, 0.2) is 113 Å². The number of benzene rings is 3. The molecule has 4 aromatic rings. The van der Waals surface area contributed by atoms with Crippen molar-refractivity contribution < 1.29 is 51.4 Å². The van der Waals surface area contributed by atoms with E-state index in [1.54, 1.807) is 110 Å². The van der Waals surface area contributed by atoms with Crippen LogP contribution in [0.2, 0.25) is 0 Å². The Morgan fingerprint density at radius 3 is 1.85 bits per heavy atom. The molecule has 3 aromatic carbocycles. The molecule has 1 aromatic heterocycles. The summed E-state index contributed by atoms with van der Waals surface area (Å²) in [5.41, 5.74) is 0.0451. The van der Waals surface area contributed by atoms with E-state index in [1.807, 2.05) is 30.3 Å². The first-order valence-corrected chi connectivity index (χ1v) is 23.1. The number of carbonyl (C=O) groups excluding carboxylic acids is 6. The molecule has 2 amide bonds. The molecule has 4 atom stereocenters. The number of ether oxygens (including phenoxy) is 3. The van der Waals surface area contributed by atoms with Gasteiger partial charge in [0.25, 0.3) is 0 Å². The first kappa shape index (κ1) is 51.4. The number of rotatable bonds is 21. The summed E-state index contributed by atoms with van der Waals surface area (Å²) in [5.74, 6) is -6.99. The molecule has 0 aliphatic carbocycles. The summed E-state index contributed by atoms with van der Waals surface area (Å²) in [6.45, 7) is 13.4. The summed E-state index contributed by atoms with van der Waals surface area (Å²) in [5, 5.41) is 7.28. The molecule has 4 rings (SSSR count). The molecule has 0 spiro atoms. The van der Waals surface area contributed by atoms with Crippen LogP contribution in [0.3, 0.4) is 0 Å². The number of hydrogen-bond acceptors (Lipinski definition) is 12. The molecular formula is C50H61N3O11S. The molecule has 0 aliphatic heterocycles. The molecule has 0 unspecified atom stereocenters. The summed E-state index contributed by atoms with van der Waals surface area (Å²) in [7, 11) is -3.97. The van der Waals surface area contributed by atoms with Crippen LogP contribution in [0.25, 0.3) is 10.9 Å². The largest absolute Gasteiger partial charge is 0.461 e. The van der Waals surface area contributed by atoms with Gasteiger partial charge in [0, 0.05) is 35.2 Å². The number of aromatic nitrogens is 1. The van der Waals surface area contributed by atoms with Gasteiger partial charge in [-0.15, -0.1) is 0 Å². The Hall–Kier alpha value is -6.22. The third kappa shape index (κ3) is 17.7. The van der Waals surface area contributed by atoms with Gasteiger partial charge < -0.3 is 24.8 Å². The zero-order chi connectivity index (χ0) is 48.0. The number of pyridine rings is 1. The first-order chi connectivity index (χ1) is 30.5. The van der Waals surface area contributed by atoms with Crippen molar-refractivity contribution in [2.75, 3.05) is 0 Å². The standard InChI is InChI=1S/C50H61N3O11S/c1-33(2)40(48(59)52-38(30-46(57)64-50(6,7)8)25-26-65(60,61)39-20-13-10-14-21-39)31-43(54)42(29-37-24-23-35-19-15-16-22-41(35)51-37)53-47(58)36(28-45(56)63-49(3,4)5)27-44(55)62-32-34-17-11-9-12-18-34/h9-26,33,36,38,40,42H,27-32H2,1-8H3,(H,52,59)(H,53,58)/b26-25+/t36-,38+,40-,42-/m0/s1. The van der Waals surface area contributed by atoms with Crippen LogP contribution >= 0.6 is 0 Å². The minimum Gasteiger partial charge on any atom is -0.461 e. The van der Waals surface area contributed by atoms with E-state index in [0.29, 0.717) is 11.2 Å². The molecular weight excluding hydrogens is 851 g/mol. The molecule has 0 radical (unpaired) electrons. The average Bonchev–Trinajstić information content (AvgIpc) is 3.22. The van der Waals surface area contributed by atoms with E-state index in [-0.39, 0.29) is 17.9 Å². The van der Waals surface area contributed by atoms with Crippen LogP contribution < -0.4 is 10.6 Å². The predicted molar refractivity (Wildman–Crippen MR) is 245 cm³/mol. The Morgan fingerprint density at radius 1 is 0.662 bits per heavy atom. The molecule has 2 N–H and O–H groups in total. The van der Waals surface area contributed by atoms with Crippen LogP contribution in [0.4, 0.5) is 0 Å². The fourth-order valence-electron chi connectivity index (χ4n) is 6.70. The van der Waals surface area contributed by atoms with Crippen LogP contribution in [0.1, 0.15) is 92.3 Å². The second-order valence-corrected chi connectivity index (χ2v) is 20.0. The quantitative estimate of drug-likeness (QED) is 0.0631. The lowest BCUT2D eigenvalue weighted by atomic mass is 9.86. The van der Waals surface area contributed by atoms with Gasteiger partial charge >= 0.3 is 17.9 Å². The molecule has 14 nitrogen and oxygen atoms in total. The number of nitrogens with one attached hydrogen (secondary N) is 2. The van der Waals surface area contributed by atoms with Gasteiger partial charge in [-0.1, -0.05) is 86.6 Å².